The molecule has 1 nitrogen and oxygen atoms in total. The van der Waals surface area contributed by atoms with E-state index >= 15 is 0 Å². The van der Waals surface area contributed by atoms with Crippen molar-refractivity contribution in [1.29, 1.82) is 0 Å². The normalized spacial score (nSPS) is 30.0. The molecule has 0 bridgehead atoms. The number of rotatable bonds is 1. The van der Waals surface area contributed by atoms with E-state index < -0.39 is 0 Å². The lowest BCUT2D eigenvalue weighted by atomic mass is 9.72. The summed E-state index contributed by atoms with van der Waals surface area (Å²) in [6.45, 7) is 4.30. The Morgan fingerprint density at radius 1 is 1.50 bits per heavy atom. The van der Waals surface area contributed by atoms with Gasteiger partial charge in [0.2, 0.25) is 0 Å². The van der Waals surface area contributed by atoms with Crippen LogP contribution in [0.5, 0.6) is 0 Å². The second-order valence-electron chi connectivity index (χ2n) is 3.64. The molecule has 0 saturated heterocycles. The van der Waals surface area contributed by atoms with Crippen LogP contribution in [0.2, 0.25) is 0 Å². The molecular formula is C9H14O. The zero-order valence-electron chi connectivity index (χ0n) is 6.63. The quantitative estimate of drug-likeness (QED) is 0.401. The monoisotopic (exact) mass is 138 g/mol. The van der Waals surface area contributed by atoms with Crippen LogP contribution in [-0.4, -0.2) is 6.29 Å². The maximum Gasteiger partial charge on any atom is 0.123 e. The van der Waals surface area contributed by atoms with Gasteiger partial charge in [-0.15, -0.1) is 0 Å². The highest BCUT2D eigenvalue weighted by Crippen LogP contribution is 2.35. The molecule has 1 unspecified atom stereocenters. The molecule has 1 heteroatoms. The van der Waals surface area contributed by atoms with E-state index in [1.807, 2.05) is 0 Å². The van der Waals surface area contributed by atoms with Crippen molar-refractivity contribution in [2.24, 2.45) is 11.3 Å². The van der Waals surface area contributed by atoms with Crippen LogP contribution in [0.15, 0.2) is 12.2 Å². The van der Waals surface area contributed by atoms with E-state index in [1.54, 1.807) is 0 Å². The van der Waals surface area contributed by atoms with E-state index in [0.29, 0.717) is 0 Å². The van der Waals surface area contributed by atoms with Crippen molar-refractivity contribution in [3.05, 3.63) is 12.2 Å². The van der Waals surface area contributed by atoms with Crippen molar-refractivity contribution < 1.29 is 4.79 Å². The van der Waals surface area contributed by atoms with Crippen LogP contribution in [-0.2, 0) is 4.79 Å². The second kappa shape index (κ2) is 2.57. The summed E-state index contributed by atoms with van der Waals surface area (Å²) in [5, 5.41) is 0. The van der Waals surface area contributed by atoms with E-state index in [4.69, 9.17) is 0 Å². The molecular weight excluding hydrogens is 124 g/mol. The fraction of sp³-hybridized carbons (Fsp3) is 0.667. The summed E-state index contributed by atoms with van der Waals surface area (Å²) in [4.78, 5) is 10.5. The number of carbonyl (C=O) groups is 1. The van der Waals surface area contributed by atoms with Gasteiger partial charge in [0.1, 0.15) is 6.29 Å². The van der Waals surface area contributed by atoms with Crippen molar-refractivity contribution in [1.82, 2.24) is 0 Å². The van der Waals surface area contributed by atoms with E-state index in [0.717, 1.165) is 19.1 Å². The summed E-state index contributed by atoms with van der Waals surface area (Å²) in [5.74, 6) is 0.234. The van der Waals surface area contributed by atoms with Crippen LogP contribution in [0.1, 0.15) is 26.7 Å². The molecule has 0 spiro atoms. The van der Waals surface area contributed by atoms with E-state index in [2.05, 4.69) is 26.0 Å². The topological polar surface area (TPSA) is 17.1 Å². The third kappa shape index (κ3) is 1.28. The Hall–Kier alpha value is -0.590. The van der Waals surface area contributed by atoms with Gasteiger partial charge in [-0.1, -0.05) is 26.0 Å². The highest BCUT2D eigenvalue weighted by atomic mass is 16.1. The first-order valence-electron chi connectivity index (χ1n) is 3.77. The Kier molecular flexibility index (Phi) is 1.93. The van der Waals surface area contributed by atoms with Crippen LogP contribution in [0.4, 0.5) is 0 Å². The molecule has 1 aliphatic rings. The Bertz CT molecular complexity index is 156. The van der Waals surface area contributed by atoms with Crippen molar-refractivity contribution in [2.45, 2.75) is 26.7 Å². The smallest absolute Gasteiger partial charge is 0.123 e. The summed E-state index contributed by atoms with van der Waals surface area (Å²) >= 11 is 0. The van der Waals surface area contributed by atoms with Crippen LogP contribution >= 0.6 is 0 Å². The molecule has 0 aliphatic heterocycles. The maximum absolute atomic E-state index is 10.5. The third-order valence-electron chi connectivity index (χ3n) is 2.37. The molecule has 1 aliphatic carbocycles. The summed E-state index contributed by atoms with van der Waals surface area (Å²) in [6.07, 6.45) is 7.32. The molecule has 1 atom stereocenters. The van der Waals surface area contributed by atoms with Gasteiger partial charge in [0.25, 0.3) is 0 Å². The minimum absolute atomic E-state index is 0.191. The van der Waals surface area contributed by atoms with Crippen LogP contribution in [0.25, 0.3) is 0 Å². The minimum atomic E-state index is 0.191. The maximum atomic E-state index is 10.5. The summed E-state index contributed by atoms with van der Waals surface area (Å²) in [6, 6.07) is 0. The standard InChI is InChI=1S/C9H14O/c1-9(2)6-4-3-5-8(9)7-10/h3-4,7-8H,5-6H2,1-2H3. The summed E-state index contributed by atoms with van der Waals surface area (Å²) in [5.41, 5.74) is 0.191. The predicted molar refractivity (Wildman–Crippen MR) is 41.7 cm³/mol. The Morgan fingerprint density at radius 3 is 2.60 bits per heavy atom. The van der Waals surface area contributed by atoms with Gasteiger partial charge in [-0.2, -0.15) is 0 Å². The number of aldehydes is 1. The molecule has 0 N–H and O–H groups in total. The molecule has 0 aromatic rings. The van der Waals surface area contributed by atoms with Crippen LogP contribution < -0.4 is 0 Å². The number of allylic oxidation sites excluding steroid dienone is 2. The molecule has 0 fully saturated rings. The predicted octanol–water partition coefficient (Wildman–Crippen LogP) is 2.18. The number of carbonyl (C=O) groups excluding carboxylic acids is 1. The first kappa shape index (κ1) is 7.52. The molecule has 0 amide bonds. The molecule has 0 radical (unpaired) electrons. The average molecular weight is 138 g/mol. The molecule has 0 aromatic heterocycles. The van der Waals surface area contributed by atoms with Crippen LogP contribution in [0, 0.1) is 11.3 Å². The minimum Gasteiger partial charge on any atom is -0.303 e. The van der Waals surface area contributed by atoms with Gasteiger partial charge in [-0.25, -0.2) is 0 Å². The first-order valence-corrected chi connectivity index (χ1v) is 3.77. The van der Waals surface area contributed by atoms with Crippen LogP contribution in [0.3, 0.4) is 0 Å². The lowest BCUT2D eigenvalue weighted by Gasteiger charge is -2.31. The van der Waals surface area contributed by atoms with Gasteiger partial charge in [-0.3, -0.25) is 0 Å². The van der Waals surface area contributed by atoms with Crippen molar-refractivity contribution in [2.75, 3.05) is 0 Å². The zero-order chi connectivity index (χ0) is 7.61. The van der Waals surface area contributed by atoms with Gasteiger partial charge >= 0.3 is 0 Å². The van der Waals surface area contributed by atoms with Gasteiger partial charge in [0.05, 0.1) is 0 Å². The Labute approximate surface area is 62.1 Å². The number of hydrogen-bond donors (Lipinski definition) is 0. The molecule has 10 heavy (non-hydrogen) atoms. The van der Waals surface area contributed by atoms with Gasteiger partial charge in [0.15, 0.2) is 0 Å². The van der Waals surface area contributed by atoms with Gasteiger partial charge < -0.3 is 4.79 Å². The highest BCUT2D eigenvalue weighted by molar-refractivity contribution is 5.55. The fourth-order valence-electron chi connectivity index (χ4n) is 1.34. The summed E-state index contributed by atoms with van der Waals surface area (Å²) < 4.78 is 0. The molecule has 1 rings (SSSR count). The second-order valence-corrected chi connectivity index (χ2v) is 3.64. The third-order valence-corrected chi connectivity index (χ3v) is 2.37. The molecule has 0 aromatic carbocycles. The lowest BCUT2D eigenvalue weighted by molar-refractivity contribution is -0.114. The van der Waals surface area contributed by atoms with Gasteiger partial charge in [0, 0.05) is 5.92 Å². The average Bonchev–Trinajstić information content (AvgIpc) is 1.87. The number of hydrogen-bond acceptors (Lipinski definition) is 1. The Balaban J connectivity index is 2.72. The van der Waals surface area contributed by atoms with Crippen molar-refractivity contribution in [3.63, 3.8) is 0 Å². The summed E-state index contributed by atoms with van der Waals surface area (Å²) in [7, 11) is 0. The molecule has 56 valence electrons. The molecule has 0 heterocycles. The SMILES string of the molecule is CC1(C)CC=CCC1C=O. The van der Waals surface area contributed by atoms with Crippen molar-refractivity contribution >= 4 is 6.29 Å². The van der Waals surface area contributed by atoms with E-state index in [-0.39, 0.29) is 11.3 Å². The zero-order valence-corrected chi connectivity index (χ0v) is 6.63. The first-order chi connectivity index (χ1) is 4.67. The van der Waals surface area contributed by atoms with Gasteiger partial charge in [-0.05, 0) is 18.3 Å². The van der Waals surface area contributed by atoms with E-state index in [1.165, 1.54) is 0 Å². The Morgan fingerprint density at radius 2 is 2.20 bits per heavy atom. The van der Waals surface area contributed by atoms with Crippen molar-refractivity contribution in [3.8, 4) is 0 Å². The lowest BCUT2D eigenvalue weighted by Crippen LogP contribution is -2.26. The molecule has 0 saturated carbocycles. The highest BCUT2D eigenvalue weighted by Gasteiger charge is 2.28. The largest absolute Gasteiger partial charge is 0.303 e. The van der Waals surface area contributed by atoms with E-state index in [9.17, 15) is 4.79 Å². The fourth-order valence-corrected chi connectivity index (χ4v) is 1.34.